The normalized spacial score (nSPS) is 27.9. The molecule has 1 aromatic rings. The Morgan fingerprint density at radius 1 is 1.05 bits per heavy atom. The predicted molar refractivity (Wildman–Crippen MR) is 94.0 cm³/mol. The molecule has 0 radical (unpaired) electrons. The summed E-state index contributed by atoms with van der Waals surface area (Å²) < 4.78 is 0. The molecule has 0 amide bonds. The van der Waals surface area contributed by atoms with E-state index in [4.69, 9.17) is 0 Å². The van der Waals surface area contributed by atoms with Crippen LogP contribution in [0.25, 0.3) is 0 Å². The maximum absolute atomic E-state index is 3.98. The van der Waals surface area contributed by atoms with E-state index < -0.39 is 0 Å². The fourth-order valence-electron chi connectivity index (χ4n) is 4.34. The second kappa shape index (κ2) is 7.61. The van der Waals surface area contributed by atoms with Gasteiger partial charge in [0.05, 0.1) is 0 Å². The maximum Gasteiger partial charge on any atom is 0.0237 e. The smallest absolute Gasteiger partial charge is 0.0237 e. The summed E-state index contributed by atoms with van der Waals surface area (Å²) in [7, 11) is 0. The van der Waals surface area contributed by atoms with Gasteiger partial charge in [0.25, 0.3) is 0 Å². The number of piperidine rings is 1. The standard InChI is InChI=1S/C20H32N2/c1-16-12-20(21-19-10-4-3-5-11-19)15-22(13-16)14-18-9-7-6-8-17(18)2/h6-9,16,19-21H,3-5,10-15H2,1-2H3. The quantitative estimate of drug-likeness (QED) is 0.899. The van der Waals surface area contributed by atoms with E-state index in [1.165, 1.54) is 62.7 Å². The number of aryl methyl sites for hydroxylation is 1. The number of rotatable bonds is 4. The highest BCUT2D eigenvalue weighted by Crippen LogP contribution is 2.23. The molecule has 2 heteroatoms. The van der Waals surface area contributed by atoms with Crippen molar-refractivity contribution in [2.75, 3.05) is 13.1 Å². The summed E-state index contributed by atoms with van der Waals surface area (Å²) in [5, 5.41) is 3.98. The fourth-order valence-corrected chi connectivity index (χ4v) is 4.34. The van der Waals surface area contributed by atoms with Gasteiger partial charge in [0.1, 0.15) is 0 Å². The topological polar surface area (TPSA) is 15.3 Å². The molecular formula is C20H32N2. The monoisotopic (exact) mass is 300 g/mol. The molecule has 2 nitrogen and oxygen atoms in total. The minimum atomic E-state index is 0.691. The van der Waals surface area contributed by atoms with Gasteiger partial charge in [-0.15, -0.1) is 0 Å². The summed E-state index contributed by atoms with van der Waals surface area (Å²) in [6.45, 7) is 8.23. The second-order valence-corrected chi connectivity index (χ2v) is 7.66. The summed E-state index contributed by atoms with van der Waals surface area (Å²) in [5.74, 6) is 0.804. The van der Waals surface area contributed by atoms with Crippen LogP contribution in [0.5, 0.6) is 0 Å². The molecule has 1 saturated heterocycles. The first kappa shape index (κ1) is 16.0. The Morgan fingerprint density at radius 2 is 1.82 bits per heavy atom. The Labute approximate surface area is 136 Å². The molecule has 0 aromatic heterocycles. The lowest BCUT2D eigenvalue weighted by Gasteiger charge is -2.39. The van der Waals surface area contributed by atoms with E-state index in [9.17, 15) is 0 Å². The van der Waals surface area contributed by atoms with Gasteiger partial charge in [-0.05, 0) is 43.2 Å². The fraction of sp³-hybridized carbons (Fsp3) is 0.700. The number of hydrogen-bond donors (Lipinski definition) is 1. The van der Waals surface area contributed by atoms with E-state index >= 15 is 0 Å². The molecule has 1 heterocycles. The Morgan fingerprint density at radius 3 is 2.59 bits per heavy atom. The molecule has 1 aromatic carbocycles. The van der Waals surface area contributed by atoms with Gasteiger partial charge in [-0.3, -0.25) is 4.90 Å². The van der Waals surface area contributed by atoms with Crippen molar-refractivity contribution < 1.29 is 0 Å². The van der Waals surface area contributed by atoms with Gasteiger partial charge in [-0.1, -0.05) is 50.5 Å². The average molecular weight is 300 g/mol. The number of nitrogens with zero attached hydrogens (tertiary/aromatic N) is 1. The van der Waals surface area contributed by atoms with Crippen LogP contribution in [0.15, 0.2) is 24.3 Å². The molecular weight excluding hydrogens is 268 g/mol. The summed E-state index contributed by atoms with van der Waals surface area (Å²) in [6.07, 6.45) is 8.42. The zero-order valence-corrected chi connectivity index (χ0v) is 14.4. The van der Waals surface area contributed by atoms with E-state index in [-0.39, 0.29) is 0 Å². The molecule has 122 valence electrons. The van der Waals surface area contributed by atoms with Crippen molar-refractivity contribution >= 4 is 0 Å². The summed E-state index contributed by atoms with van der Waals surface area (Å²) >= 11 is 0. The molecule has 2 aliphatic rings. The van der Waals surface area contributed by atoms with Crippen molar-refractivity contribution in [3.05, 3.63) is 35.4 Å². The largest absolute Gasteiger partial charge is 0.310 e. The number of benzene rings is 1. The lowest BCUT2D eigenvalue weighted by molar-refractivity contribution is 0.131. The Bertz CT molecular complexity index is 465. The van der Waals surface area contributed by atoms with E-state index in [0.29, 0.717) is 6.04 Å². The summed E-state index contributed by atoms with van der Waals surface area (Å²) in [6, 6.07) is 10.3. The molecule has 0 bridgehead atoms. The van der Waals surface area contributed by atoms with Crippen LogP contribution in [-0.2, 0) is 6.54 Å². The van der Waals surface area contributed by atoms with Gasteiger partial charge in [0.15, 0.2) is 0 Å². The molecule has 0 spiro atoms. The molecule has 2 fully saturated rings. The van der Waals surface area contributed by atoms with Crippen molar-refractivity contribution in [1.82, 2.24) is 10.2 Å². The zero-order chi connectivity index (χ0) is 15.4. The van der Waals surface area contributed by atoms with Gasteiger partial charge >= 0.3 is 0 Å². The van der Waals surface area contributed by atoms with Crippen LogP contribution in [0.3, 0.4) is 0 Å². The molecule has 1 aliphatic carbocycles. The molecule has 1 N–H and O–H groups in total. The first-order chi connectivity index (χ1) is 10.7. The van der Waals surface area contributed by atoms with Crippen molar-refractivity contribution in [2.45, 2.75) is 71.0 Å². The number of hydrogen-bond acceptors (Lipinski definition) is 2. The number of likely N-dealkylation sites (tertiary alicyclic amines) is 1. The third-order valence-electron chi connectivity index (χ3n) is 5.47. The van der Waals surface area contributed by atoms with E-state index in [1.54, 1.807) is 0 Å². The van der Waals surface area contributed by atoms with E-state index in [0.717, 1.165) is 18.5 Å². The Hall–Kier alpha value is -0.860. The highest BCUT2D eigenvalue weighted by molar-refractivity contribution is 5.25. The highest BCUT2D eigenvalue weighted by Gasteiger charge is 2.27. The SMILES string of the molecule is Cc1ccccc1CN1CC(C)CC(NC2CCCCC2)C1. The van der Waals surface area contributed by atoms with Crippen molar-refractivity contribution in [3.8, 4) is 0 Å². The van der Waals surface area contributed by atoms with Crippen molar-refractivity contribution in [2.24, 2.45) is 5.92 Å². The van der Waals surface area contributed by atoms with Crippen LogP contribution in [0.1, 0.15) is 56.6 Å². The van der Waals surface area contributed by atoms with E-state index in [1.807, 2.05) is 0 Å². The number of nitrogens with one attached hydrogen (secondary N) is 1. The molecule has 1 aliphatic heterocycles. The lowest BCUT2D eigenvalue weighted by Crippen LogP contribution is -2.51. The van der Waals surface area contributed by atoms with Crippen LogP contribution in [0, 0.1) is 12.8 Å². The summed E-state index contributed by atoms with van der Waals surface area (Å²) in [4.78, 5) is 2.66. The second-order valence-electron chi connectivity index (χ2n) is 7.66. The van der Waals surface area contributed by atoms with Gasteiger partial charge in [-0.2, -0.15) is 0 Å². The van der Waals surface area contributed by atoms with Crippen LogP contribution >= 0.6 is 0 Å². The molecule has 1 saturated carbocycles. The van der Waals surface area contributed by atoms with Crippen LogP contribution in [0.4, 0.5) is 0 Å². The maximum atomic E-state index is 3.98. The van der Waals surface area contributed by atoms with Gasteiger partial charge in [0, 0.05) is 31.7 Å². The molecule has 2 unspecified atom stereocenters. The molecule has 2 atom stereocenters. The third-order valence-corrected chi connectivity index (χ3v) is 5.47. The van der Waals surface area contributed by atoms with Crippen molar-refractivity contribution in [1.29, 1.82) is 0 Å². The Kier molecular flexibility index (Phi) is 5.54. The van der Waals surface area contributed by atoms with Crippen LogP contribution < -0.4 is 5.32 Å². The minimum Gasteiger partial charge on any atom is -0.310 e. The zero-order valence-electron chi connectivity index (χ0n) is 14.4. The van der Waals surface area contributed by atoms with Gasteiger partial charge in [0.2, 0.25) is 0 Å². The minimum absolute atomic E-state index is 0.691. The van der Waals surface area contributed by atoms with Crippen molar-refractivity contribution in [3.63, 3.8) is 0 Å². The predicted octanol–water partition coefficient (Wildman–Crippen LogP) is 4.13. The first-order valence-electron chi connectivity index (χ1n) is 9.23. The summed E-state index contributed by atoms with van der Waals surface area (Å²) in [5.41, 5.74) is 2.92. The van der Waals surface area contributed by atoms with Crippen LogP contribution in [0.2, 0.25) is 0 Å². The lowest BCUT2D eigenvalue weighted by atomic mass is 9.91. The highest BCUT2D eigenvalue weighted by atomic mass is 15.2. The Balaban J connectivity index is 1.57. The molecule has 22 heavy (non-hydrogen) atoms. The first-order valence-corrected chi connectivity index (χ1v) is 9.23. The van der Waals surface area contributed by atoms with E-state index in [2.05, 4.69) is 48.3 Å². The molecule has 3 rings (SSSR count). The average Bonchev–Trinajstić information content (AvgIpc) is 2.50. The van der Waals surface area contributed by atoms with Gasteiger partial charge in [-0.25, -0.2) is 0 Å². The van der Waals surface area contributed by atoms with Crippen LogP contribution in [-0.4, -0.2) is 30.1 Å². The van der Waals surface area contributed by atoms with Gasteiger partial charge < -0.3 is 5.32 Å². The third kappa shape index (κ3) is 4.33.